The topological polar surface area (TPSA) is 28.0 Å². The second-order valence-electron chi connectivity index (χ2n) is 5.70. The van der Waals surface area contributed by atoms with Crippen LogP contribution in [0.5, 0.6) is 0 Å². The minimum atomic E-state index is 0.630. The van der Waals surface area contributed by atoms with Gasteiger partial charge in [-0.3, -0.25) is 0 Å². The molecule has 0 atom stereocenters. The Kier molecular flexibility index (Phi) is 5.33. The van der Waals surface area contributed by atoms with E-state index in [1.807, 2.05) is 20.2 Å². The quantitative estimate of drug-likeness (QED) is 0.454. The van der Waals surface area contributed by atoms with E-state index in [1.54, 1.807) is 0 Å². The van der Waals surface area contributed by atoms with Crippen LogP contribution in [0.3, 0.4) is 0 Å². The van der Waals surface area contributed by atoms with Gasteiger partial charge in [0.05, 0.1) is 0 Å². The smallest absolute Gasteiger partial charge is 0.128 e. The first-order valence-corrected chi connectivity index (χ1v) is 7.55. The molecular formula is C17H25N3. The summed E-state index contributed by atoms with van der Waals surface area (Å²) >= 11 is 0. The number of amidine groups is 1. The van der Waals surface area contributed by atoms with Crippen molar-refractivity contribution in [1.82, 2.24) is 0 Å². The van der Waals surface area contributed by atoms with E-state index in [-0.39, 0.29) is 0 Å². The number of anilines is 1. The SMILES string of the molecule is C/C(=N/N=C/C1CCCCC1)N(C)c1ccc(C)cc1. The van der Waals surface area contributed by atoms with E-state index >= 15 is 0 Å². The molecule has 3 heteroatoms. The van der Waals surface area contributed by atoms with Gasteiger partial charge in [-0.05, 0) is 44.7 Å². The second-order valence-corrected chi connectivity index (χ2v) is 5.70. The van der Waals surface area contributed by atoms with Crippen molar-refractivity contribution < 1.29 is 0 Å². The molecule has 20 heavy (non-hydrogen) atoms. The zero-order valence-corrected chi connectivity index (χ0v) is 12.8. The third-order valence-corrected chi connectivity index (χ3v) is 4.04. The lowest BCUT2D eigenvalue weighted by atomic mass is 9.90. The Morgan fingerprint density at radius 3 is 2.45 bits per heavy atom. The Labute approximate surface area is 122 Å². The van der Waals surface area contributed by atoms with Crippen molar-refractivity contribution in [2.75, 3.05) is 11.9 Å². The van der Waals surface area contributed by atoms with Gasteiger partial charge in [0.25, 0.3) is 0 Å². The molecule has 1 aliphatic carbocycles. The van der Waals surface area contributed by atoms with Gasteiger partial charge in [0.2, 0.25) is 0 Å². The predicted octanol–water partition coefficient (Wildman–Crippen LogP) is 4.42. The van der Waals surface area contributed by atoms with E-state index in [0.717, 1.165) is 11.5 Å². The first kappa shape index (κ1) is 14.8. The lowest BCUT2D eigenvalue weighted by Crippen LogP contribution is -2.23. The van der Waals surface area contributed by atoms with Gasteiger partial charge in [0.15, 0.2) is 0 Å². The predicted molar refractivity (Wildman–Crippen MR) is 87.8 cm³/mol. The Morgan fingerprint density at radius 1 is 1.15 bits per heavy atom. The Balaban J connectivity index is 1.94. The molecule has 0 heterocycles. The first-order valence-electron chi connectivity index (χ1n) is 7.55. The van der Waals surface area contributed by atoms with Crippen LogP contribution in [0.1, 0.15) is 44.6 Å². The maximum atomic E-state index is 4.33. The molecule has 1 saturated carbocycles. The van der Waals surface area contributed by atoms with Crippen LogP contribution in [0.4, 0.5) is 5.69 Å². The molecule has 0 saturated heterocycles. The van der Waals surface area contributed by atoms with Crippen molar-refractivity contribution in [3.8, 4) is 0 Å². The van der Waals surface area contributed by atoms with Crippen LogP contribution in [0, 0.1) is 12.8 Å². The molecule has 0 spiro atoms. The molecule has 0 aliphatic heterocycles. The van der Waals surface area contributed by atoms with Gasteiger partial charge in [-0.2, -0.15) is 5.10 Å². The minimum absolute atomic E-state index is 0.630. The molecule has 0 bridgehead atoms. The molecule has 0 radical (unpaired) electrons. The van der Waals surface area contributed by atoms with Crippen LogP contribution in [0.15, 0.2) is 34.5 Å². The normalized spacial score (nSPS) is 17.6. The molecule has 0 unspecified atom stereocenters. The Hall–Kier alpha value is -1.64. The summed E-state index contributed by atoms with van der Waals surface area (Å²) in [6.07, 6.45) is 8.62. The number of benzene rings is 1. The largest absolute Gasteiger partial charge is 0.332 e. The molecule has 3 nitrogen and oxygen atoms in total. The van der Waals surface area contributed by atoms with E-state index in [2.05, 4.69) is 46.3 Å². The van der Waals surface area contributed by atoms with Gasteiger partial charge in [-0.1, -0.05) is 37.0 Å². The highest BCUT2D eigenvalue weighted by atomic mass is 15.3. The summed E-state index contributed by atoms with van der Waals surface area (Å²) in [4.78, 5) is 2.07. The molecule has 0 N–H and O–H groups in total. The van der Waals surface area contributed by atoms with Crippen LogP contribution < -0.4 is 4.90 Å². The Bertz CT molecular complexity index is 468. The maximum absolute atomic E-state index is 4.33. The van der Waals surface area contributed by atoms with E-state index in [9.17, 15) is 0 Å². The van der Waals surface area contributed by atoms with E-state index in [4.69, 9.17) is 0 Å². The number of hydrogen-bond donors (Lipinski definition) is 0. The minimum Gasteiger partial charge on any atom is -0.332 e. The van der Waals surface area contributed by atoms with E-state index in [0.29, 0.717) is 5.92 Å². The molecule has 1 fully saturated rings. The zero-order chi connectivity index (χ0) is 14.4. The molecule has 0 aromatic heterocycles. The summed E-state index contributed by atoms with van der Waals surface area (Å²) in [5.74, 6) is 1.55. The summed E-state index contributed by atoms with van der Waals surface area (Å²) < 4.78 is 0. The first-order chi connectivity index (χ1) is 9.66. The fourth-order valence-electron chi connectivity index (χ4n) is 2.52. The molecule has 1 aliphatic rings. The van der Waals surface area contributed by atoms with E-state index < -0.39 is 0 Å². The van der Waals surface area contributed by atoms with Crippen LogP contribution in [0.2, 0.25) is 0 Å². The molecule has 2 rings (SSSR count). The number of aryl methyl sites for hydroxylation is 1. The number of nitrogens with zero attached hydrogens (tertiary/aromatic N) is 3. The van der Waals surface area contributed by atoms with Crippen LogP contribution in [-0.2, 0) is 0 Å². The molecule has 1 aromatic rings. The van der Waals surface area contributed by atoms with Crippen molar-refractivity contribution in [2.45, 2.75) is 46.0 Å². The summed E-state index contributed by atoms with van der Waals surface area (Å²) in [7, 11) is 2.03. The number of rotatable bonds is 3. The fourth-order valence-corrected chi connectivity index (χ4v) is 2.52. The van der Waals surface area contributed by atoms with Crippen molar-refractivity contribution in [3.05, 3.63) is 29.8 Å². The zero-order valence-electron chi connectivity index (χ0n) is 12.8. The third kappa shape index (κ3) is 4.19. The average Bonchev–Trinajstić information content (AvgIpc) is 2.48. The maximum Gasteiger partial charge on any atom is 0.128 e. The van der Waals surface area contributed by atoms with Crippen molar-refractivity contribution in [1.29, 1.82) is 0 Å². The van der Waals surface area contributed by atoms with Crippen molar-refractivity contribution in [2.24, 2.45) is 16.1 Å². The van der Waals surface area contributed by atoms with Gasteiger partial charge in [-0.25, -0.2) is 0 Å². The van der Waals surface area contributed by atoms with Crippen LogP contribution in [-0.4, -0.2) is 19.1 Å². The standard InChI is InChI=1S/C17H25N3/c1-14-9-11-17(12-10-14)20(3)15(2)19-18-13-16-7-5-4-6-8-16/h9-13,16H,4-8H2,1-3H3/b18-13+,19-15-. The van der Waals surface area contributed by atoms with Gasteiger partial charge in [0.1, 0.15) is 5.84 Å². The Morgan fingerprint density at radius 2 is 1.80 bits per heavy atom. The molecule has 1 aromatic carbocycles. The summed E-state index contributed by atoms with van der Waals surface area (Å²) in [5.41, 5.74) is 2.41. The van der Waals surface area contributed by atoms with Gasteiger partial charge in [0, 0.05) is 18.9 Å². The van der Waals surface area contributed by atoms with Crippen molar-refractivity contribution >= 4 is 17.7 Å². The van der Waals surface area contributed by atoms with Crippen LogP contribution >= 0.6 is 0 Å². The van der Waals surface area contributed by atoms with Gasteiger partial charge >= 0.3 is 0 Å². The lowest BCUT2D eigenvalue weighted by Gasteiger charge is -2.18. The van der Waals surface area contributed by atoms with Crippen molar-refractivity contribution in [3.63, 3.8) is 0 Å². The third-order valence-electron chi connectivity index (χ3n) is 4.04. The van der Waals surface area contributed by atoms with Gasteiger partial charge in [-0.15, -0.1) is 5.10 Å². The average molecular weight is 271 g/mol. The summed E-state index contributed by atoms with van der Waals surface area (Å²) in [6.45, 7) is 4.09. The lowest BCUT2D eigenvalue weighted by molar-refractivity contribution is 0.444. The van der Waals surface area contributed by atoms with Gasteiger partial charge < -0.3 is 4.90 Å². The summed E-state index contributed by atoms with van der Waals surface area (Å²) in [5, 5.41) is 8.61. The fraction of sp³-hybridized carbons (Fsp3) is 0.529. The molecule has 0 amide bonds. The highest BCUT2D eigenvalue weighted by Gasteiger charge is 2.10. The van der Waals surface area contributed by atoms with E-state index in [1.165, 1.54) is 37.7 Å². The molecular weight excluding hydrogens is 246 g/mol. The second kappa shape index (κ2) is 7.22. The number of hydrogen-bond acceptors (Lipinski definition) is 2. The highest BCUT2D eigenvalue weighted by molar-refractivity contribution is 5.95. The monoisotopic (exact) mass is 271 g/mol. The van der Waals surface area contributed by atoms with Crippen LogP contribution in [0.25, 0.3) is 0 Å². The summed E-state index contributed by atoms with van der Waals surface area (Å²) in [6, 6.07) is 8.45. The highest BCUT2D eigenvalue weighted by Crippen LogP contribution is 2.22. The molecule has 108 valence electrons.